The fourth-order valence-electron chi connectivity index (χ4n) is 0.851. The van der Waals surface area contributed by atoms with Crippen LogP contribution >= 0.6 is 0 Å². The number of allylic oxidation sites excluding steroid dienone is 4. The van der Waals surface area contributed by atoms with Crippen molar-refractivity contribution in [1.82, 2.24) is 0 Å². The van der Waals surface area contributed by atoms with Crippen LogP contribution in [0.15, 0.2) is 18.2 Å². The minimum Gasteiger partial charge on any atom is -1.00 e. The van der Waals surface area contributed by atoms with Crippen LogP contribution in [0.25, 0.3) is 0 Å². The van der Waals surface area contributed by atoms with Crippen LogP contribution in [-0.4, -0.2) is 13.2 Å². The van der Waals surface area contributed by atoms with E-state index in [1.807, 2.05) is 12.2 Å². The monoisotopic (exact) mass is 258 g/mol. The number of rotatable bonds is 0. The summed E-state index contributed by atoms with van der Waals surface area (Å²) in [6.07, 6.45) is 12.6. The molecule has 13 heavy (non-hydrogen) atoms. The van der Waals surface area contributed by atoms with Gasteiger partial charge in [0.05, 0.1) is 0 Å². The molecule has 2 aliphatic rings. The number of halogens is 2. The molecule has 4 heteroatoms. The molecule has 0 N–H and O–H groups in total. The van der Waals surface area contributed by atoms with Gasteiger partial charge in [-0.1, -0.05) is 0 Å². The second-order valence-electron chi connectivity index (χ2n) is 2.32. The van der Waals surface area contributed by atoms with Crippen molar-refractivity contribution in [2.75, 3.05) is 13.2 Å². The Morgan fingerprint density at radius 2 is 1.69 bits per heavy atom. The topological polar surface area (TPSA) is 9.23 Å². The summed E-state index contributed by atoms with van der Waals surface area (Å²) in [5.41, 5.74) is 0. The molecule has 1 saturated heterocycles. The molecule has 0 atom stereocenters. The van der Waals surface area contributed by atoms with Crippen LogP contribution in [-0.2, 0) is 23.3 Å². The zero-order valence-corrected chi connectivity index (χ0v) is 10.3. The first-order valence-corrected chi connectivity index (χ1v) is 3.79. The first-order chi connectivity index (χ1) is 5.00. The van der Waals surface area contributed by atoms with Crippen LogP contribution in [0.4, 0.5) is 0 Å². The van der Waals surface area contributed by atoms with E-state index in [1.165, 1.54) is 12.8 Å². The van der Waals surface area contributed by atoms with Gasteiger partial charge < -0.3 is 29.6 Å². The number of hydrogen-bond donors (Lipinski definition) is 0. The molecule has 1 heterocycles. The Morgan fingerprint density at radius 3 is 1.85 bits per heavy atom. The zero-order valence-electron chi connectivity index (χ0n) is 7.38. The third kappa shape index (κ3) is 12.6. The second-order valence-corrected chi connectivity index (χ2v) is 2.32. The smallest absolute Gasteiger partial charge is 1.00 e. The van der Waals surface area contributed by atoms with Crippen LogP contribution in [0.2, 0.25) is 0 Å². The van der Waals surface area contributed by atoms with E-state index in [1.54, 1.807) is 0 Å². The summed E-state index contributed by atoms with van der Waals surface area (Å²) in [6, 6.07) is 0. The van der Waals surface area contributed by atoms with Crippen LogP contribution in [0.3, 0.4) is 0 Å². The molecule has 1 radical (unpaired) electrons. The predicted octanol–water partition coefficient (Wildman–Crippen LogP) is -3.89. The van der Waals surface area contributed by atoms with Gasteiger partial charge in [0.15, 0.2) is 0 Å². The van der Waals surface area contributed by atoms with Crippen molar-refractivity contribution >= 4 is 0 Å². The van der Waals surface area contributed by atoms with E-state index < -0.39 is 0 Å². The minimum atomic E-state index is 0. The molecule has 0 aromatic heterocycles. The fourth-order valence-corrected chi connectivity index (χ4v) is 0.851. The molecule has 1 nitrogen and oxygen atoms in total. The van der Waals surface area contributed by atoms with E-state index in [0.29, 0.717) is 0 Å². The fraction of sp³-hybridized carbons (Fsp3) is 0.556. The van der Waals surface area contributed by atoms with Gasteiger partial charge in [0.25, 0.3) is 0 Å². The molecule has 1 aliphatic heterocycles. The summed E-state index contributed by atoms with van der Waals surface area (Å²) in [4.78, 5) is 0. The van der Waals surface area contributed by atoms with Crippen molar-refractivity contribution in [2.24, 2.45) is 0 Å². The van der Waals surface area contributed by atoms with Gasteiger partial charge >= 0.3 is 18.6 Å². The minimum absolute atomic E-state index is 0. The average molecular weight is 259 g/mol. The van der Waals surface area contributed by atoms with Crippen molar-refractivity contribution in [1.29, 1.82) is 0 Å². The standard InChI is InChI=1S/C5H5.C4H8O.2ClH.V/c2*1-2-4-5-3-1;;;/h1-3H,4H2;1-4H2;2*1H;/q-1;;;;+2/p-2. The van der Waals surface area contributed by atoms with Gasteiger partial charge in [-0.2, -0.15) is 6.08 Å². The normalized spacial score (nSPS) is 16.0. The van der Waals surface area contributed by atoms with Gasteiger partial charge in [-0.05, 0) is 12.8 Å². The van der Waals surface area contributed by atoms with E-state index in [2.05, 4.69) is 12.2 Å². The van der Waals surface area contributed by atoms with Gasteiger partial charge in [-0.3, -0.25) is 6.08 Å². The van der Waals surface area contributed by atoms with Gasteiger partial charge in [0.1, 0.15) is 0 Å². The van der Waals surface area contributed by atoms with Crippen LogP contribution in [0.1, 0.15) is 19.3 Å². The van der Waals surface area contributed by atoms with E-state index in [0.717, 1.165) is 19.6 Å². The van der Waals surface area contributed by atoms with E-state index in [4.69, 9.17) is 4.74 Å². The van der Waals surface area contributed by atoms with E-state index in [-0.39, 0.29) is 43.4 Å². The van der Waals surface area contributed by atoms with Crippen LogP contribution < -0.4 is 24.8 Å². The van der Waals surface area contributed by atoms with Crippen molar-refractivity contribution < 1.29 is 48.1 Å². The third-order valence-electron chi connectivity index (χ3n) is 1.41. The average Bonchev–Trinajstić information content (AvgIpc) is 2.67. The summed E-state index contributed by atoms with van der Waals surface area (Å²) >= 11 is 0. The molecule has 0 aromatic carbocycles. The molecule has 1 aliphatic carbocycles. The second kappa shape index (κ2) is 15.1. The SMILES string of the molecule is C1CCOC1.[C-]1=CC=CC1.[Cl-].[Cl-].[V+2]. The Labute approximate surface area is 105 Å². The van der Waals surface area contributed by atoms with Crippen molar-refractivity contribution in [3.8, 4) is 0 Å². The van der Waals surface area contributed by atoms with Gasteiger partial charge in [-0.15, -0.1) is 6.42 Å². The Hall–Kier alpha value is 0.604. The first-order valence-electron chi connectivity index (χ1n) is 3.79. The molecule has 1 fully saturated rings. The molecule has 0 amide bonds. The summed E-state index contributed by atoms with van der Waals surface area (Å²) in [5.74, 6) is 0. The quantitative estimate of drug-likeness (QED) is 0.404. The van der Waals surface area contributed by atoms with Crippen molar-refractivity contribution in [3.05, 3.63) is 24.3 Å². The van der Waals surface area contributed by atoms with Crippen molar-refractivity contribution in [2.45, 2.75) is 19.3 Å². The Balaban J connectivity index is -0.000000125. The largest absolute Gasteiger partial charge is 2.00 e. The van der Waals surface area contributed by atoms with Crippen molar-refractivity contribution in [3.63, 3.8) is 0 Å². The van der Waals surface area contributed by atoms with Gasteiger partial charge in [0, 0.05) is 13.2 Å². The molecule has 0 spiro atoms. The zero-order chi connectivity index (χ0) is 7.07. The Bertz CT molecular complexity index is 116. The maximum Gasteiger partial charge on any atom is 2.00 e. The maximum atomic E-state index is 4.94. The summed E-state index contributed by atoms with van der Waals surface area (Å²) in [6.45, 7) is 2.00. The summed E-state index contributed by atoms with van der Waals surface area (Å²) < 4.78 is 4.94. The maximum absolute atomic E-state index is 4.94. The number of ether oxygens (including phenoxy) is 1. The van der Waals surface area contributed by atoms with E-state index >= 15 is 0 Å². The molecule has 0 unspecified atom stereocenters. The Kier molecular flexibility index (Phi) is 22.3. The van der Waals surface area contributed by atoms with Crippen LogP contribution in [0.5, 0.6) is 0 Å². The van der Waals surface area contributed by atoms with Gasteiger partial charge in [0.2, 0.25) is 0 Å². The molecule has 0 aromatic rings. The third-order valence-corrected chi connectivity index (χ3v) is 1.41. The molecule has 75 valence electrons. The van der Waals surface area contributed by atoms with Gasteiger partial charge in [-0.25, -0.2) is 12.2 Å². The molecule has 2 rings (SSSR count). The van der Waals surface area contributed by atoms with Crippen LogP contribution in [0, 0.1) is 6.08 Å². The predicted molar refractivity (Wildman–Crippen MR) is 41.6 cm³/mol. The summed E-state index contributed by atoms with van der Waals surface area (Å²) in [5, 5.41) is 0. The Morgan fingerprint density at radius 1 is 1.08 bits per heavy atom. The molecule has 0 bridgehead atoms. The first kappa shape index (κ1) is 19.2. The van der Waals surface area contributed by atoms with E-state index in [9.17, 15) is 0 Å². The molecular weight excluding hydrogens is 246 g/mol. The summed E-state index contributed by atoms with van der Waals surface area (Å²) in [7, 11) is 0. The molecular formula is C9H13Cl2OV-. The number of hydrogen-bond acceptors (Lipinski definition) is 1. The molecule has 0 saturated carbocycles.